The number of rotatable bonds is 7. The van der Waals surface area contributed by atoms with Gasteiger partial charge < -0.3 is 9.84 Å². The van der Waals surface area contributed by atoms with Crippen molar-refractivity contribution in [3.8, 4) is 5.75 Å². The molecule has 3 aromatic carbocycles. The summed E-state index contributed by atoms with van der Waals surface area (Å²) in [6.45, 7) is 2.49. The Morgan fingerprint density at radius 1 is 1.00 bits per heavy atom. The van der Waals surface area contributed by atoms with Crippen molar-refractivity contribution in [1.29, 1.82) is 0 Å². The first-order valence-corrected chi connectivity index (χ1v) is 10.2. The van der Waals surface area contributed by atoms with Gasteiger partial charge in [0.05, 0.1) is 13.0 Å². The lowest BCUT2D eigenvalue weighted by atomic mass is 10.0. The molecule has 0 aromatic heterocycles. The van der Waals surface area contributed by atoms with Crippen molar-refractivity contribution in [2.45, 2.75) is 19.8 Å². The maximum absolute atomic E-state index is 13.8. The highest BCUT2D eigenvalue weighted by molar-refractivity contribution is 6.07. The van der Waals surface area contributed by atoms with Crippen molar-refractivity contribution in [2.24, 2.45) is 0 Å². The maximum atomic E-state index is 13.8. The van der Waals surface area contributed by atoms with Crippen molar-refractivity contribution in [3.05, 3.63) is 106 Å². The third-order valence-electron chi connectivity index (χ3n) is 5.47. The number of allylic oxidation sites excluding steroid dienone is 2. The van der Waals surface area contributed by atoms with Gasteiger partial charge in [-0.25, -0.2) is 4.39 Å². The summed E-state index contributed by atoms with van der Waals surface area (Å²) >= 11 is 0. The normalized spacial score (nSPS) is 14.1. The average molecular weight is 414 g/mol. The van der Waals surface area contributed by atoms with Crippen LogP contribution in [-0.4, -0.2) is 17.7 Å². The van der Waals surface area contributed by atoms with Crippen LogP contribution in [0.1, 0.15) is 35.6 Å². The van der Waals surface area contributed by atoms with E-state index in [9.17, 15) is 14.3 Å². The van der Waals surface area contributed by atoms with Crippen LogP contribution in [-0.2, 0) is 11.2 Å². The molecule has 0 radical (unpaired) electrons. The predicted octanol–water partition coefficient (Wildman–Crippen LogP) is 6.25. The molecule has 31 heavy (non-hydrogen) atoms. The number of benzene rings is 3. The van der Waals surface area contributed by atoms with Crippen LogP contribution in [0.25, 0.3) is 17.2 Å². The zero-order valence-electron chi connectivity index (χ0n) is 17.3. The van der Waals surface area contributed by atoms with Crippen LogP contribution in [0.3, 0.4) is 0 Å². The molecule has 0 saturated heterocycles. The van der Waals surface area contributed by atoms with Crippen molar-refractivity contribution < 1.29 is 19.0 Å². The number of halogens is 1. The minimum absolute atomic E-state index is 0.131. The number of carboxylic acids is 1. The number of hydrogen-bond acceptors (Lipinski definition) is 2. The van der Waals surface area contributed by atoms with E-state index in [1.165, 1.54) is 17.7 Å². The Labute approximate surface area is 181 Å². The standard InChI is InChI=1S/C27H23FO3/c1-18-24(23-12-9-21(28)16-26(23)25(18)17-27(29)30)15-20-7-10-22(11-8-20)31-14-13-19-5-3-2-4-6-19/h2-12,15-16H,13-14,17H2,1H3,(H,29,30)/b24-15-. The van der Waals surface area contributed by atoms with Gasteiger partial charge in [0.15, 0.2) is 0 Å². The first-order valence-electron chi connectivity index (χ1n) is 10.2. The second-order valence-electron chi connectivity index (χ2n) is 7.58. The van der Waals surface area contributed by atoms with Gasteiger partial charge in [-0.15, -0.1) is 0 Å². The Morgan fingerprint density at radius 2 is 1.74 bits per heavy atom. The Kier molecular flexibility index (Phi) is 5.99. The zero-order valence-corrected chi connectivity index (χ0v) is 17.3. The van der Waals surface area contributed by atoms with Gasteiger partial charge in [0, 0.05) is 6.42 Å². The van der Waals surface area contributed by atoms with E-state index in [1.54, 1.807) is 6.07 Å². The lowest BCUT2D eigenvalue weighted by Crippen LogP contribution is -2.00. The summed E-state index contributed by atoms with van der Waals surface area (Å²) in [6.07, 6.45) is 2.72. The lowest BCUT2D eigenvalue weighted by molar-refractivity contribution is -0.135. The van der Waals surface area contributed by atoms with Gasteiger partial charge in [-0.3, -0.25) is 4.79 Å². The number of fused-ring (bicyclic) bond motifs is 1. The zero-order chi connectivity index (χ0) is 21.8. The van der Waals surface area contributed by atoms with E-state index in [1.807, 2.05) is 55.5 Å². The second-order valence-corrected chi connectivity index (χ2v) is 7.58. The minimum Gasteiger partial charge on any atom is -0.493 e. The van der Waals surface area contributed by atoms with E-state index in [0.717, 1.165) is 34.4 Å². The van der Waals surface area contributed by atoms with Crippen LogP contribution in [0, 0.1) is 5.82 Å². The molecule has 4 heteroatoms. The summed E-state index contributed by atoms with van der Waals surface area (Å²) in [5, 5.41) is 9.28. The molecule has 0 aliphatic heterocycles. The summed E-state index contributed by atoms with van der Waals surface area (Å²) in [4.78, 5) is 11.3. The summed E-state index contributed by atoms with van der Waals surface area (Å²) in [5.41, 5.74) is 6.17. The van der Waals surface area contributed by atoms with Crippen molar-refractivity contribution in [1.82, 2.24) is 0 Å². The molecular formula is C27H23FO3. The first-order chi connectivity index (χ1) is 15.0. The molecule has 1 aliphatic carbocycles. The Morgan fingerprint density at radius 3 is 2.45 bits per heavy atom. The maximum Gasteiger partial charge on any atom is 0.307 e. The highest BCUT2D eigenvalue weighted by Gasteiger charge is 2.25. The predicted molar refractivity (Wildman–Crippen MR) is 121 cm³/mol. The van der Waals surface area contributed by atoms with Gasteiger partial charge in [0.1, 0.15) is 11.6 Å². The molecule has 0 heterocycles. The van der Waals surface area contributed by atoms with Crippen LogP contribution in [0.4, 0.5) is 4.39 Å². The molecule has 0 fully saturated rings. The second kappa shape index (κ2) is 9.00. The molecule has 0 atom stereocenters. The molecule has 3 nitrogen and oxygen atoms in total. The van der Waals surface area contributed by atoms with E-state index in [2.05, 4.69) is 12.1 Å². The number of carbonyl (C=O) groups is 1. The Balaban J connectivity index is 1.52. The van der Waals surface area contributed by atoms with Gasteiger partial charge >= 0.3 is 5.97 Å². The lowest BCUT2D eigenvalue weighted by Gasteiger charge is -2.08. The monoisotopic (exact) mass is 414 g/mol. The molecule has 4 rings (SSSR count). The molecule has 3 aromatic rings. The fourth-order valence-electron chi connectivity index (χ4n) is 3.89. The van der Waals surface area contributed by atoms with Gasteiger partial charge in [-0.2, -0.15) is 0 Å². The van der Waals surface area contributed by atoms with Crippen LogP contribution in [0.5, 0.6) is 5.75 Å². The van der Waals surface area contributed by atoms with Gasteiger partial charge in [0.2, 0.25) is 0 Å². The number of carboxylic acid groups (broad SMARTS) is 1. The minimum atomic E-state index is -0.928. The highest BCUT2D eigenvalue weighted by atomic mass is 19.1. The number of hydrogen-bond donors (Lipinski definition) is 1. The largest absolute Gasteiger partial charge is 0.493 e. The summed E-state index contributed by atoms with van der Waals surface area (Å²) in [7, 11) is 0. The van der Waals surface area contributed by atoms with E-state index in [4.69, 9.17) is 4.74 Å². The number of ether oxygens (including phenoxy) is 1. The van der Waals surface area contributed by atoms with Crippen LogP contribution in [0.2, 0.25) is 0 Å². The van der Waals surface area contributed by atoms with Crippen LogP contribution in [0.15, 0.2) is 78.4 Å². The Hall–Kier alpha value is -3.66. The fraction of sp³-hybridized carbons (Fsp3) is 0.148. The molecule has 0 saturated carbocycles. The fourth-order valence-corrected chi connectivity index (χ4v) is 3.89. The summed E-state index contributed by atoms with van der Waals surface area (Å²) in [6, 6.07) is 22.5. The average Bonchev–Trinajstić information content (AvgIpc) is 3.00. The van der Waals surface area contributed by atoms with Crippen molar-refractivity contribution in [2.75, 3.05) is 6.61 Å². The molecule has 1 aliphatic rings. The molecular weight excluding hydrogens is 391 g/mol. The van der Waals surface area contributed by atoms with E-state index >= 15 is 0 Å². The quantitative estimate of drug-likeness (QED) is 0.497. The molecule has 1 N–H and O–H groups in total. The molecule has 0 unspecified atom stereocenters. The number of aliphatic carboxylic acids is 1. The van der Waals surface area contributed by atoms with Crippen molar-refractivity contribution >= 4 is 23.2 Å². The van der Waals surface area contributed by atoms with E-state index < -0.39 is 5.97 Å². The molecule has 0 amide bonds. The Bertz CT molecular complexity index is 1160. The first kappa shape index (κ1) is 20.6. The van der Waals surface area contributed by atoms with Gasteiger partial charge in [0.25, 0.3) is 0 Å². The van der Waals surface area contributed by atoms with Crippen molar-refractivity contribution in [3.63, 3.8) is 0 Å². The van der Waals surface area contributed by atoms with E-state index in [0.29, 0.717) is 17.7 Å². The summed E-state index contributed by atoms with van der Waals surface area (Å²) in [5.74, 6) is -0.499. The highest BCUT2D eigenvalue weighted by Crippen LogP contribution is 2.43. The molecule has 0 spiro atoms. The van der Waals surface area contributed by atoms with Gasteiger partial charge in [-0.05, 0) is 76.2 Å². The van der Waals surface area contributed by atoms with Crippen LogP contribution < -0.4 is 4.74 Å². The van der Waals surface area contributed by atoms with Crippen LogP contribution >= 0.6 is 0 Å². The van der Waals surface area contributed by atoms with Gasteiger partial charge in [-0.1, -0.05) is 48.5 Å². The third kappa shape index (κ3) is 4.75. The van der Waals surface area contributed by atoms with E-state index in [-0.39, 0.29) is 12.2 Å². The topological polar surface area (TPSA) is 46.5 Å². The SMILES string of the molecule is CC1=C(CC(=O)O)c2cc(F)ccc2/C1=C\c1ccc(OCCc2ccccc2)cc1. The molecule has 156 valence electrons. The summed E-state index contributed by atoms with van der Waals surface area (Å²) < 4.78 is 19.7. The third-order valence-corrected chi connectivity index (χ3v) is 5.47. The smallest absolute Gasteiger partial charge is 0.307 e. The molecule has 0 bridgehead atoms.